The van der Waals surface area contributed by atoms with Gasteiger partial charge >= 0.3 is 0 Å². The highest BCUT2D eigenvalue weighted by Crippen LogP contribution is 2.14. The van der Waals surface area contributed by atoms with Crippen molar-refractivity contribution in [3.63, 3.8) is 0 Å². The monoisotopic (exact) mass is 340 g/mol. The summed E-state index contributed by atoms with van der Waals surface area (Å²) in [7, 11) is 0. The molecular weight excluding hydrogens is 330 g/mol. The molecule has 0 aliphatic rings. The summed E-state index contributed by atoms with van der Waals surface area (Å²) in [5.74, 6) is -0.225. The summed E-state index contributed by atoms with van der Waals surface area (Å²) in [4.78, 5) is 12.0. The van der Waals surface area contributed by atoms with Crippen LogP contribution >= 0.6 is 22.6 Å². The van der Waals surface area contributed by atoms with Crippen LogP contribution in [0, 0.1) is 9.39 Å². The highest BCUT2D eigenvalue weighted by atomic mass is 127. The SMILES string of the molecule is O=C(Cc1ccc(F)cc1)c1ccccc1I. The molecule has 1 nitrogen and oxygen atoms in total. The minimum Gasteiger partial charge on any atom is -0.294 e. The van der Waals surface area contributed by atoms with E-state index < -0.39 is 0 Å². The standard InChI is InChI=1S/C14H10FIO/c15-11-7-5-10(6-8-11)9-14(17)12-3-1-2-4-13(12)16/h1-8H,9H2. The Morgan fingerprint density at radius 1 is 1.06 bits per heavy atom. The molecule has 0 saturated carbocycles. The fourth-order valence-electron chi connectivity index (χ4n) is 1.57. The smallest absolute Gasteiger partial charge is 0.168 e. The summed E-state index contributed by atoms with van der Waals surface area (Å²) in [6, 6.07) is 13.5. The minimum absolute atomic E-state index is 0.0570. The van der Waals surface area contributed by atoms with Crippen molar-refractivity contribution in [3.8, 4) is 0 Å². The lowest BCUT2D eigenvalue weighted by molar-refractivity contribution is 0.0992. The average molecular weight is 340 g/mol. The maximum absolute atomic E-state index is 12.7. The maximum atomic E-state index is 12.7. The largest absolute Gasteiger partial charge is 0.294 e. The molecule has 0 N–H and O–H groups in total. The third-order valence-corrected chi connectivity index (χ3v) is 3.39. The van der Waals surface area contributed by atoms with Crippen molar-refractivity contribution < 1.29 is 9.18 Å². The molecule has 0 fully saturated rings. The van der Waals surface area contributed by atoms with E-state index in [-0.39, 0.29) is 11.6 Å². The van der Waals surface area contributed by atoms with Gasteiger partial charge in [-0.2, -0.15) is 0 Å². The minimum atomic E-state index is -0.282. The predicted molar refractivity (Wildman–Crippen MR) is 73.6 cm³/mol. The normalized spacial score (nSPS) is 10.2. The number of hydrogen-bond acceptors (Lipinski definition) is 1. The lowest BCUT2D eigenvalue weighted by Crippen LogP contribution is -2.05. The number of hydrogen-bond donors (Lipinski definition) is 0. The molecule has 86 valence electrons. The van der Waals surface area contributed by atoms with Gasteiger partial charge in [0, 0.05) is 15.6 Å². The topological polar surface area (TPSA) is 17.1 Å². The highest BCUT2D eigenvalue weighted by Gasteiger charge is 2.09. The second-order valence-electron chi connectivity index (χ2n) is 3.71. The molecule has 0 atom stereocenters. The Labute approximate surface area is 113 Å². The molecular formula is C14H10FIO. The van der Waals surface area contributed by atoms with Gasteiger partial charge in [-0.05, 0) is 46.4 Å². The third-order valence-electron chi connectivity index (χ3n) is 2.45. The molecule has 0 heterocycles. The van der Waals surface area contributed by atoms with Crippen molar-refractivity contribution in [2.45, 2.75) is 6.42 Å². The van der Waals surface area contributed by atoms with Crippen LogP contribution in [0.2, 0.25) is 0 Å². The zero-order valence-corrected chi connectivity index (χ0v) is 11.1. The molecule has 0 bridgehead atoms. The molecule has 0 spiro atoms. The van der Waals surface area contributed by atoms with Gasteiger partial charge in [0.2, 0.25) is 0 Å². The first kappa shape index (κ1) is 12.2. The molecule has 0 aromatic heterocycles. The number of carbonyl (C=O) groups excluding carboxylic acids is 1. The molecule has 0 aliphatic heterocycles. The van der Waals surface area contributed by atoms with Gasteiger partial charge in [-0.1, -0.05) is 30.3 Å². The second kappa shape index (κ2) is 5.40. The van der Waals surface area contributed by atoms with Gasteiger partial charge in [-0.25, -0.2) is 4.39 Å². The van der Waals surface area contributed by atoms with E-state index in [1.165, 1.54) is 12.1 Å². The van der Waals surface area contributed by atoms with Gasteiger partial charge in [-0.15, -0.1) is 0 Å². The van der Waals surface area contributed by atoms with Crippen LogP contribution in [-0.4, -0.2) is 5.78 Å². The lowest BCUT2D eigenvalue weighted by atomic mass is 10.0. The van der Waals surface area contributed by atoms with E-state index in [1.54, 1.807) is 12.1 Å². The van der Waals surface area contributed by atoms with Crippen molar-refractivity contribution in [1.82, 2.24) is 0 Å². The van der Waals surface area contributed by atoms with E-state index >= 15 is 0 Å². The number of halogens is 2. The molecule has 0 radical (unpaired) electrons. The van der Waals surface area contributed by atoms with Gasteiger partial charge in [0.1, 0.15) is 5.82 Å². The first-order chi connectivity index (χ1) is 8.16. The first-order valence-electron chi connectivity index (χ1n) is 5.19. The zero-order valence-electron chi connectivity index (χ0n) is 8.99. The van der Waals surface area contributed by atoms with Crippen molar-refractivity contribution in [1.29, 1.82) is 0 Å². The summed E-state index contributed by atoms with van der Waals surface area (Å²) in [5, 5.41) is 0. The lowest BCUT2D eigenvalue weighted by Gasteiger charge is -2.03. The van der Waals surface area contributed by atoms with Gasteiger partial charge < -0.3 is 0 Å². The average Bonchev–Trinajstić information content (AvgIpc) is 2.32. The molecule has 3 heteroatoms. The van der Waals surface area contributed by atoms with Crippen LogP contribution in [0.5, 0.6) is 0 Å². The summed E-state index contributed by atoms with van der Waals surface area (Å²) < 4.78 is 13.7. The van der Waals surface area contributed by atoms with Crippen LogP contribution < -0.4 is 0 Å². The van der Waals surface area contributed by atoms with Crippen LogP contribution in [0.3, 0.4) is 0 Å². The number of Topliss-reactive ketones (excluding diaryl/α,β-unsaturated/α-hetero) is 1. The Kier molecular flexibility index (Phi) is 3.89. The van der Waals surface area contributed by atoms with Crippen LogP contribution in [0.25, 0.3) is 0 Å². The molecule has 0 amide bonds. The van der Waals surface area contributed by atoms with Crippen molar-refractivity contribution in [2.75, 3.05) is 0 Å². The quantitative estimate of drug-likeness (QED) is 0.613. The van der Waals surface area contributed by atoms with Crippen LogP contribution in [-0.2, 0) is 6.42 Å². The van der Waals surface area contributed by atoms with Crippen molar-refractivity contribution in [3.05, 3.63) is 69.0 Å². The Morgan fingerprint density at radius 3 is 2.35 bits per heavy atom. The molecule has 0 aliphatic carbocycles. The molecule has 17 heavy (non-hydrogen) atoms. The number of rotatable bonds is 3. The van der Waals surface area contributed by atoms with E-state index in [9.17, 15) is 9.18 Å². The summed E-state index contributed by atoms with van der Waals surface area (Å²) >= 11 is 2.14. The van der Waals surface area contributed by atoms with E-state index in [4.69, 9.17) is 0 Å². The summed E-state index contributed by atoms with van der Waals surface area (Å²) in [6.45, 7) is 0. The van der Waals surface area contributed by atoms with Crippen LogP contribution in [0.4, 0.5) is 4.39 Å². The van der Waals surface area contributed by atoms with Gasteiger partial charge in [0.05, 0.1) is 0 Å². The van der Waals surface area contributed by atoms with Crippen LogP contribution in [0.1, 0.15) is 15.9 Å². The Balaban J connectivity index is 2.17. The van der Waals surface area contributed by atoms with Gasteiger partial charge in [-0.3, -0.25) is 4.79 Å². The van der Waals surface area contributed by atoms with E-state index in [0.717, 1.165) is 14.7 Å². The molecule has 2 aromatic carbocycles. The van der Waals surface area contributed by atoms with Crippen molar-refractivity contribution in [2.24, 2.45) is 0 Å². The van der Waals surface area contributed by atoms with Gasteiger partial charge in [0.25, 0.3) is 0 Å². The van der Waals surface area contributed by atoms with E-state index in [0.29, 0.717) is 6.42 Å². The maximum Gasteiger partial charge on any atom is 0.168 e. The Bertz CT molecular complexity index is 534. The van der Waals surface area contributed by atoms with Gasteiger partial charge in [0.15, 0.2) is 5.78 Å². The molecule has 2 aromatic rings. The fourth-order valence-corrected chi connectivity index (χ4v) is 2.26. The number of benzene rings is 2. The first-order valence-corrected chi connectivity index (χ1v) is 6.27. The summed E-state index contributed by atoms with van der Waals surface area (Å²) in [6.07, 6.45) is 0.306. The van der Waals surface area contributed by atoms with E-state index in [1.807, 2.05) is 24.3 Å². The Hall–Kier alpha value is -1.23. The molecule has 0 saturated heterocycles. The number of carbonyl (C=O) groups is 1. The third kappa shape index (κ3) is 3.12. The second-order valence-corrected chi connectivity index (χ2v) is 4.87. The van der Waals surface area contributed by atoms with E-state index in [2.05, 4.69) is 22.6 Å². The fraction of sp³-hybridized carbons (Fsp3) is 0.0714. The Morgan fingerprint density at radius 2 is 1.71 bits per heavy atom. The predicted octanol–water partition coefficient (Wildman–Crippen LogP) is 3.86. The summed E-state index contributed by atoms with van der Waals surface area (Å²) in [5.41, 5.74) is 1.55. The zero-order chi connectivity index (χ0) is 12.3. The number of ketones is 1. The molecule has 2 rings (SSSR count). The van der Waals surface area contributed by atoms with Crippen molar-refractivity contribution >= 4 is 28.4 Å². The van der Waals surface area contributed by atoms with Crippen LogP contribution in [0.15, 0.2) is 48.5 Å². The molecule has 0 unspecified atom stereocenters. The highest BCUT2D eigenvalue weighted by molar-refractivity contribution is 14.1.